The summed E-state index contributed by atoms with van der Waals surface area (Å²) in [4.78, 5) is 25.0. The van der Waals surface area contributed by atoms with E-state index in [1.54, 1.807) is 6.92 Å². The second-order valence-electron chi connectivity index (χ2n) is 6.47. The predicted molar refractivity (Wildman–Crippen MR) is 81.3 cm³/mol. The van der Waals surface area contributed by atoms with E-state index in [2.05, 4.69) is 4.74 Å². The van der Waals surface area contributed by atoms with Crippen molar-refractivity contribution >= 4 is 11.9 Å². The number of halogens is 6. The van der Waals surface area contributed by atoms with Crippen LogP contribution in [-0.4, -0.2) is 36.1 Å². The van der Waals surface area contributed by atoms with Crippen LogP contribution in [0.15, 0.2) is 24.3 Å². The van der Waals surface area contributed by atoms with Gasteiger partial charge in [-0.25, -0.2) is 4.79 Å². The highest BCUT2D eigenvalue weighted by Crippen LogP contribution is 2.36. The molecular formula is C17H17F6NO3. The molecule has 0 saturated carbocycles. The quantitative estimate of drug-likeness (QED) is 0.429. The monoisotopic (exact) mass is 397 g/mol. The summed E-state index contributed by atoms with van der Waals surface area (Å²) in [7, 11) is 0. The van der Waals surface area contributed by atoms with Crippen LogP contribution >= 0.6 is 0 Å². The Hall–Kier alpha value is -2.26. The molecule has 0 N–H and O–H groups in total. The fraction of sp³-hybridized carbons (Fsp3) is 0.529. The Kier molecular flexibility index (Phi) is 6.06. The van der Waals surface area contributed by atoms with E-state index in [-0.39, 0.29) is 24.4 Å². The molecule has 0 radical (unpaired) electrons. The molecule has 1 aliphatic rings. The van der Waals surface area contributed by atoms with Gasteiger partial charge in [0.25, 0.3) is 0 Å². The standard InChI is InChI=1S/C17H17F6NO3/c1-10-5-6-13(11-3-2-4-12(7-11)17(21,22)23)24(8-10)14(25)15(26)27-9-16(18,19)20/h2-4,7,10,13H,5-6,8-9H2,1H3. The Bertz CT molecular complexity index is 701. The van der Waals surface area contributed by atoms with Crippen LogP contribution in [0.5, 0.6) is 0 Å². The van der Waals surface area contributed by atoms with E-state index in [0.717, 1.165) is 17.0 Å². The van der Waals surface area contributed by atoms with Gasteiger partial charge >= 0.3 is 24.2 Å². The molecular weight excluding hydrogens is 380 g/mol. The molecule has 0 aliphatic carbocycles. The Balaban J connectivity index is 2.24. The molecule has 4 nitrogen and oxygen atoms in total. The van der Waals surface area contributed by atoms with Gasteiger partial charge in [0, 0.05) is 6.54 Å². The molecule has 0 bridgehead atoms. The van der Waals surface area contributed by atoms with Crippen molar-refractivity contribution in [2.45, 2.75) is 38.2 Å². The first-order valence-corrected chi connectivity index (χ1v) is 8.10. The largest absolute Gasteiger partial charge is 0.449 e. The highest BCUT2D eigenvalue weighted by molar-refractivity contribution is 6.32. The number of likely N-dealkylation sites (tertiary alicyclic amines) is 1. The third kappa shape index (κ3) is 5.61. The minimum absolute atomic E-state index is 0.0286. The predicted octanol–water partition coefficient (Wildman–Crippen LogP) is 4.11. The molecule has 150 valence electrons. The zero-order valence-electron chi connectivity index (χ0n) is 14.2. The Labute approximate surface area is 151 Å². The van der Waals surface area contributed by atoms with E-state index in [1.807, 2.05) is 0 Å². The average Bonchev–Trinajstić information content (AvgIpc) is 2.57. The van der Waals surface area contributed by atoms with E-state index in [4.69, 9.17) is 0 Å². The summed E-state index contributed by atoms with van der Waals surface area (Å²) < 4.78 is 79.3. The number of hydrogen-bond acceptors (Lipinski definition) is 3. The second kappa shape index (κ2) is 7.77. The van der Waals surface area contributed by atoms with Crippen molar-refractivity contribution in [3.63, 3.8) is 0 Å². The molecule has 10 heteroatoms. The fourth-order valence-electron chi connectivity index (χ4n) is 2.97. The number of carbonyl (C=O) groups excluding carboxylic acids is 2. The second-order valence-corrected chi connectivity index (χ2v) is 6.47. The third-order valence-electron chi connectivity index (χ3n) is 4.22. The molecule has 1 aromatic rings. The van der Waals surface area contributed by atoms with Gasteiger partial charge in [-0.05, 0) is 36.5 Å². The first kappa shape index (κ1) is 21.0. The number of hydrogen-bond donors (Lipinski definition) is 0. The van der Waals surface area contributed by atoms with Crippen LogP contribution in [0.2, 0.25) is 0 Å². The van der Waals surface area contributed by atoms with Crippen molar-refractivity contribution in [1.82, 2.24) is 4.90 Å². The number of rotatable bonds is 2. The molecule has 0 spiro atoms. The highest BCUT2D eigenvalue weighted by Gasteiger charge is 2.38. The van der Waals surface area contributed by atoms with Gasteiger partial charge in [-0.2, -0.15) is 26.3 Å². The topological polar surface area (TPSA) is 46.6 Å². The number of nitrogens with zero attached hydrogens (tertiary/aromatic N) is 1. The molecule has 1 aromatic carbocycles. The van der Waals surface area contributed by atoms with Gasteiger partial charge in [0.05, 0.1) is 11.6 Å². The normalized spacial score (nSPS) is 21.1. The number of carbonyl (C=O) groups is 2. The third-order valence-corrected chi connectivity index (χ3v) is 4.22. The minimum Gasteiger partial charge on any atom is -0.449 e. The van der Waals surface area contributed by atoms with Gasteiger partial charge < -0.3 is 9.64 Å². The number of ether oxygens (including phenoxy) is 1. The fourth-order valence-corrected chi connectivity index (χ4v) is 2.97. The lowest BCUT2D eigenvalue weighted by Crippen LogP contribution is -2.45. The van der Waals surface area contributed by atoms with Crippen LogP contribution in [0.4, 0.5) is 26.3 Å². The van der Waals surface area contributed by atoms with Crippen molar-refractivity contribution in [3.8, 4) is 0 Å². The lowest BCUT2D eigenvalue weighted by molar-refractivity contribution is -0.190. The zero-order chi connectivity index (χ0) is 20.4. The molecule has 1 aliphatic heterocycles. The van der Waals surface area contributed by atoms with Gasteiger partial charge in [0.1, 0.15) is 0 Å². The van der Waals surface area contributed by atoms with Gasteiger partial charge in [-0.15, -0.1) is 0 Å². The molecule has 1 amide bonds. The number of benzene rings is 1. The highest BCUT2D eigenvalue weighted by atomic mass is 19.4. The number of piperidine rings is 1. The smallest absolute Gasteiger partial charge is 0.422 e. The molecule has 0 aromatic heterocycles. The van der Waals surface area contributed by atoms with Gasteiger partial charge in [-0.3, -0.25) is 4.79 Å². The van der Waals surface area contributed by atoms with E-state index in [0.29, 0.717) is 6.42 Å². The maximum absolute atomic E-state index is 12.9. The summed E-state index contributed by atoms with van der Waals surface area (Å²) >= 11 is 0. The molecule has 1 saturated heterocycles. The number of alkyl halides is 6. The van der Waals surface area contributed by atoms with Crippen LogP contribution in [0.1, 0.15) is 36.9 Å². The van der Waals surface area contributed by atoms with Crippen molar-refractivity contribution in [2.24, 2.45) is 5.92 Å². The molecule has 2 unspecified atom stereocenters. The molecule has 1 heterocycles. The van der Waals surface area contributed by atoms with Crippen LogP contribution < -0.4 is 0 Å². The van der Waals surface area contributed by atoms with Crippen molar-refractivity contribution in [2.75, 3.05) is 13.2 Å². The van der Waals surface area contributed by atoms with Gasteiger partial charge in [0.2, 0.25) is 0 Å². The summed E-state index contributed by atoms with van der Waals surface area (Å²) in [5.41, 5.74) is -0.751. The first-order valence-electron chi connectivity index (χ1n) is 8.10. The van der Waals surface area contributed by atoms with Crippen LogP contribution in [-0.2, 0) is 20.5 Å². The lowest BCUT2D eigenvalue weighted by atomic mass is 9.89. The SMILES string of the molecule is CC1CCC(c2cccc(C(F)(F)F)c2)N(C(=O)C(=O)OCC(F)(F)F)C1. The minimum atomic E-state index is -4.79. The van der Waals surface area contributed by atoms with E-state index in [9.17, 15) is 35.9 Å². The molecule has 2 rings (SSSR count). The van der Waals surface area contributed by atoms with Crippen molar-refractivity contribution in [3.05, 3.63) is 35.4 Å². The average molecular weight is 397 g/mol. The number of amides is 1. The Morgan fingerprint density at radius 2 is 1.81 bits per heavy atom. The van der Waals surface area contributed by atoms with Gasteiger partial charge in [0.15, 0.2) is 6.61 Å². The molecule has 27 heavy (non-hydrogen) atoms. The Morgan fingerprint density at radius 3 is 2.41 bits per heavy atom. The maximum atomic E-state index is 12.9. The van der Waals surface area contributed by atoms with E-state index >= 15 is 0 Å². The molecule has 2 atom stereocenters. The summed E-state index contributed by atoms with van der Waals surface area (Å²) in [6, 6.07) is 3.47. The van der Waals surface area contributed by atoms with Crippen LogP contribution in [0, 0.1) is 5.92 Å². The van der Waals surface area contributed by atoms with E-state index in [1.165, 1.54) is 12.1 Å². The lowest BCUT2D eigenvalue weighted by Gasteiger charge is -2.38. The Morgan fingerprint density at radius 1 is 1.15 bits per heavy atom. The van der Waals surface area contributed by atoms with E-state index < -0.39 is 42.4 Å². The first-order chi connectivity index (χ1) is 12.4. The molecule has 1 fully saturated rings. The summed E-state index contributed by atoms with van der Waals surface area (Å²) in [5, 5.41) is 0. The van der Waals surface area contributed by atoms with Crippen molar-refractivity contribution < 1.29 is 40.7 Å². The zero-order valence-corrected chi connectivity index (χ0v) is 14.2. The maximum Gasteiger partial charge on any atom is 0.422 e. The summed E-state index contributed by atoms with van der Waals surface area (Å²) in [6.45, 7) is -0.111. The van der Waals surface area contributed by atoms with Crippen LogP contribution in [0.3, 0.4) is 0 Å². The summed E-state index contributed by atoms with van der Waals surface area (Å²) in [5.74, 6) is -3.04. The summed E-state index contributed by atoms with van der Waals surface area (Å²) in [6.07, 6.45) is -8.51. The van der Waals surface area contributed by atoms with Gasteiger partial charge in [-0.1, -0.05) is 19.1 Å². The number of esters is 1. The van der Waals surface area contributed by atoms with Crippen molar-refractivity contribution in [1.29, 1.82) is 0 Å². The van der Waals surface area contributed by atoms with Crippen LogP contribution in [0.25, 0.3) is 0 Å².